The van der Waals surface area contributed by atoms with E-state index in [0.29, 0.717) is 6.42 Å². The first-order valence-corrected chi connectivity index (χ1v) is 11.0. The van der Waals surface area contributed by atoms with Gasteiger partial charge in [0.05, 0.1) is 18.8 Å². The van der Waals surface area contributed by atoms with Crippen molar-refractivity contribution in [3.8, 4) is 0 Å². The number of rotatable bonds is 10. The van der Waals surface area contributed by atoms with Crippen LogP contribution in [-0.4, -0.2) is 73.6 Å². The van der Waals surface area contributed by atoms with E-state index in [9.17, 15) is 44.9 Å². The lowest BCUT2D eigenvalue weighted by Crippen LogP contribution is -2.47. The predicted molar refractivity (Wildman–Crippen MR) is 94.6 cm³/mol. The first-order valence-electron chi connectivity index (χ1n) is 9.64. The van der Waals surface area contributed by atoms with Crippen LogP contribution in [0, 0.1) is 17.8 Å². The van der Waals surface area contributed by atoms with E-state index in [1.165, 1.54) is 0 Å². The lowest BCUT2D eigenvalue weighted by Gasteiger charge is -2.31. The molecule has 3 fully saturated rings. The summed E-state index contributed by atoms with van der Waals surface area (Å²) in [6.45, 7) is 2.65. The molecule has 6 unspecified atom stereocenters. The van der Waals surface area contributed by atoms with Gasteiger partial charge in [0.15, 0.2) is 10.1 Å². The number of alkyl halides is 4. The zero-order valence-electron chi connectivity index (χ0n) is 17.0. The molecule has 1 saturated heterocycles. The van der Waals surface area contributed by atoms with Gasteiger partial charge in [0.25, 0.3) is 0 Å². The maximum atomic E-state index is 13.4. The molecule has 0 N–H and O–H groups in total. The summed E-state index contributed by atoms with van der Waals surface area (Å²) < 4.78 is 104. The fourth-order valence-corrected chi connectivity index (χ4v) is 4.89. The molecule has 0 radical (unpaired) electrons. The average molecular weight is 503 g/mol. The molecule has 1 heterocycles. The minimum atomic E-state index is -6.61. The van der Waals surface area contributed by atoms with Crippen LogP contribution in [0.15, 0.2) is 12.2 Å². The van der Waals surface area contributed by atoms with Crippen LogP contribution in [0.2, 0.25) is 0 Å². The topological polar surface area (TPSA) is 145 Å². The number of esters is 3. The molecule has 2 aliphatic carbocycles. The molecule has 0 amide bonds. The van der Waals surface area contributed by atoms with Crippen molar-refractivity contribution in [1.82, 2.24) is 0 Å². The van der Waals surface area contributed by atoms with Gasteiger partial charge in [-0.05, 0) is 6.42 Å². The zero-order valence-corrected chi connectivity index (χ0v) is 17.8. The van der Waals surface area contributed by atoms with Gasteiger partial charge in [-0.1, -0.05) is 6.58 Å². The second-order valence-corrected chi connectivity index (χ2v) is 9.44. The number of ether oxygens (including phenoxy) is 4. The third-order valence-corrected chi connectivity index (χ3v) is 6.81. The van der Waals surface area contributed by atoms with Crippen molar-refractivity contribution < 1.29 is 63.9 Å². The molecule has 3 aliphatic rings. The van der Waals surface area contributed by atoms with E-state index in [0.717, 1.165) is 6.92 Å². The van der Waals surface area contributed by atoms with Crippen LogP contribution in [0.4, 0.5) is 17.6 Å². The van der Waals surface area contributed by atoms with Gasteiger partial charge < -0.3 is 23.5 Å². The van der Waals surface area contributed by atoms with Crippen molar-refractivity contribution >= 4 is 28.0 Å². The summed E-state index contributed by atoms with van der Waals surface area (Å²) in [5, 5.41) is -5.84. The van der Waals surface area contributed by atoms with E-state index in [1.807, 2.05) is 0 Å². The van der Waals surface area contributed by atoms with Crippen LogP contribution in [0.3, 0.4) is 0 Å². The number of fused-ring (bicyclic) bond motifs is 1. The summed E-state index contributed by atoms with van der Waals surface area (Å²) in [5.74, 6) is -8.91. The SMILES string of the molecule is C=C(COCCC(F)(F)C(F)(F)S(=O)(=O)[O-])C(=O)OC1C2CC3C1OC(=O)C3C2OC(C)=O. The largest absolute Gasteiger partial charge is 0.743 e. The van der Waals surface area contributed by atoms with Crippen LogP contribution in [0.1, 0.15) is 19.8 Å². The standard InChI is InChI=1S/C18H20F4O10S/c1-7(6-29-4-3-17(19,20)18(21,22)33(26,27)28)15(24)31-14-10-5-9-11(12(10)30-8(2)23)16(25)32-13(9)14/h9-14H,1,3-6H2,2H3,(H,26,27,28)/p-1. The minimum Gasteiger partial charge on any atom is -0.743 e. The minimum absolute atomic E-state index is 0.310. The summed E-state index contributed by atoms with van der Waals surface area (Å²) >= 11 is 0. The summed E-state index contributed by atoms with van der Waals surface area (Å²) in [6, 6.07) is 0. The lowest BCUT2D eigenvalue weighted by atomic mass is 9.85. The van der Waals surface area contributed by atoms with Crippen LogP contribution in [-0.2, 0) is 43.4 Å². The van der Waals surface area contributed by atoms with Gasteiger partial charge in [0, 0.05) is 25.2 Å². The second kappa shape index (κ2) is 8.51. The molecule has 186 valence electrons. The van der Waals surface area contributed by atoms with Crippen molar-refractivity contribution in [1.29, 1.82) is 0 Å². The van der Waals surface area contributed by atoms with E-state index < -0.39 is 94.6 Å². The Morgan fingerprint density at radius 1 is 1.18 bits per heavy atom. The molecule has 10 nitrogen and oxygen atoms in total. The molecular weight excluding hydrogens is 484 g/mol. The van der Waals surface area contributed by atoms with E-state index >= 15 is 0 Å². The Bertz CT molecular complexity index is 965. The van der Waals surface area contributed by atoms with Gasteiger partial charge in [-0.2, -0.15) is 17.6 Å². The van der Waals surface area contributed by atoms with Crippen LogP contribution < -0.4 is 0 Å². The van der Waals surface area contributed by atoms with Gasteiger partial charge in [0.1, 0.15) is 24.2 Å². The fraction of sp³-hybridized carbons (Fsp3) is 0.722. The molecule has 1 aliphatic heterocycles. The lowest BCUT2D eigenvalue weighted by molar-refractivity contribution is -0.171. The highest BCUT2D eigenvalue weighted by atomic mass is 32.2. The Hall–Kier alpha value is -2.26. The Morgan fingerprint density at radius 3 is 2.39 bits per heavy atom. The summed E-state index contributed by atoms with van der Waals surface area (Å²) in [7, 11) is -6.61. The molecule has 6 atom stereocenters. The number of halogens is 4. The first kappa shape index (κ1) is 25.4. The smallest absolute Gasteiger partial charge is 0.396 e. The van der Waals surface area contributed by atoms with E-state index in [-0.39, 0.29) is 5.92 Å². The highest BCUT2D eigenvalue weighted by Crippen LogP contribution is 2.56. The molecule has 0 spiro atoms. The fourth-order valence-electron chi connectivity index (χ4n) is 4.42. The highest BCUT2D eigenvalue weighted by molar-refractivity contribution is 7.86. The van der Waals surface area contributed by atoms with Crippen molar-refractivity contribution in [2.24, 2.45) is 17.8 Å². The van der Waals surface area contributed by atoms with Crippen LogP contribution in [0.5, 0.6) is 0 Å². The molecular formula is C18H19F4O10S-. The summed E-state index contributed by atoms with van der Waals surface area (Å²) in [6.07, 6.45) is -3.93. The molecule has 0 aromatic heterocycles. The predicted octanol–water partition coefficient (Wildman–Crippen LogP) is 0.757. The third kappa shape index (κ3) is 4.45. The van der Waals surface area contributed by atoms with Crippen molar-refractivity contribution in [3.05, 3.63) is 12.2 Å². The molecule has 15 heteroatoms. The maximum absolute atomic E-state index is 13.4. The number of carbonyl (C=O) groups is 3. The highest BCUT2D eigenvalue weighted by Gasteiger charge is 2.69. The Labute approximate surface area is 184 Å². The van der Waals surface area contributed by atoms with Gasteiger partial charge in [-0.3, -0.25) is 9.59 Å². The van der Waals surface area contributed by atoms with E-state index in [1.54, 1.807) is 0 Å². The Morgan fingerprint density at radius 2 is 1.82 bits per heavy atom. The average Bonchev–Trinajstić information content (AvgIpc) is 3.28. The summed E-state index contributed by atoms with van der Waals surface area (Å²) in [5.41, 5.74) is -0.394. The molecule has 2 saturated carbocycles. The number of carbonyl (C=O) groups excluding carboxylic acids is 3. The molecule has 33 heavy (non-hydrogen) atoms. The van der Waals surface area contributed by atoms with Crippen molar-refractivity contribution in [3.63, 3.8) is 0 Å². The normalized spacial score (nSPS) is 30.8. The van der Waals surface area contributed by atoms with Crippen LogP contribution in [0.25, 0.3) is 0 Å². The molecule has 0 aromatic rings. The Kier molecular flexibility index (Phi) is 6.54. The van der Waals surface area contributed by atoms with Crippen molar-refractivity contribution in [2.45, 2.75) is 49.3 Å². The number of hydrogen-bond donors (Lipinski definition) is 0. The number of hydrogen-bond acceptors (Lipinski definition) is 10. The second-order valence-electron chi connectivity index (χ2n) is 8.02. The summed E-state index contributed by atoms with van der Waals surface area (Å²) in [4.78, 5) is 35.7. The van der Waals surface area contributed by atoms with E-state index in [2.05, 4.69) is 11.3 Å². The first-order chi connectivity index (χ1) is 15.1. The monoisotopic (exact) mass is 503 g/mol. The van der Waals surface area contributed by atoms with Crippen molar-refractivity contribution in [2.75, 3.05) is 13.2 Å². The van der Waals surface area contributed by atoms with Gasteiger partial charge in [-0.25, -0.2) is 13.2 Å². The molecule has 0 aromatic carbocycles. The Balaban J connectivity index is 1.52. The van der Waals surface area contributed by atoms with Crippen LogP contribution >= 0.6 is 0 Å². The van der Waals surface area contributed by atoms with Gasteiger partial charge >= 0.3 is 29.1 Å². The quantitative estimate of drug-likeness (QED) is 0.105. The molecule has 3 rings (SSSR count). The van der Waals surface area contributed by atoms with Gasteiger partial charge in [0.2, 0.25) is 0 Å². The zero-order chi connectivity index (χ0) is 24.9. The van der Waals surface area contributed by atoms with E-state index in [4.69, 9.17) is 14.2 Å². The maximum Gasteiger partial charge on any atom is 0.396 e. The molecule has 2 bridgehead atoms. The van der Waals surface area contributed by atoms with Gasteiger partial charge in [-0.15, -0.1) is 0 Å². The third-order valence-electron chi connectivity index (χ3n) is 5.88.